The van der Waals surface area contributed by atoms with E-state index in [0.29, 0.717) is 16.9 Å². The zero-order valence-electron chi connectivity index (χ0n) is 12.1. The summed E-state index contributed by atoms with van der Waals surface area (Å²) < 4.78 is 5.57. The summed E-state index contributed by atoms with van der Waals surface area (Å²) in [6, 6.07) is 12.5. The van der Waals surface area contributed by atoms with E-state index in [1.807, 2.05) is 36.4 Å². The molecule has 0 aliphatic carbocycles. The van der Waals surface area contributed by atoms with E-state index in [1.54, 1.807) is 6.07 Å². The molecule has 22 heavy (non-hydrogen) atoms. The van der Waals surface area contributed by atoms with Crippen molar-refractivity contribution in [2.24, 2.45) is 0 Å². The number of carbonyl (C=O) groups excluding carboxylic acids is 1. The van der Waals surface area contributed by atoms with Gasteiger partial charge in [-0.25, -0.2) is 0 Å². The van der Waals surface area contributed by atoms with E-state index in [-0.39, 0.29) is 18.1 Å². The molecule has 3 heteroatoms. The second kappa shape index (κ2) is 5.90. The Labute approximate surface area is 129 Å². The lowest BCUT2D eigenvalue weighted by Gasteiger charge is -2.19. The van der Waals surface area contributed by atoms with E-state index < -0.39 is 0 Å². The maximum Gasteiger partial charge on any atom is 0.196 e. The minimum atomic E-state index is -0.0598. The van der Waals surface area contributed by atoms with Crippen molar-refractivity contribution in [2.75, 3.05) is 6.61 Å². The van der Waals surface area contributed by atoms with Crippen molar-refractivity contribution in [3.63, 3.8) is 0 Å². The molecule has 1 N–H and O–H groups in total. The molecule has 3 nitrogen and oxygen atoms in total. The third-order valence-electron chi connectivity index (χ3n) is 3.56. The molecule has 3 rings (SSSR count). The second-order valence-corrected chi connectivity index (χ2v) is 5.21. The first kappa shape index (κ1) is 14.1. The molecule has 1 aliphatic rings. The van der Waals surface area contributed by atoms with Crippen molar-refractivity contribution in [1.82, 2.24) is 0 Å². The van der Waals surface area contributed by atoms with Crippen LogP contribution in [0.4, 0.5) is 0 Å². The number of hydrogen-bond donors (Lipinski definition) is 1. The molecule has 0 radical (unpaired) electrons. The monoisotopic (exact) mass is 292 g/mol. The summed E-state index contributed by atoms with van der Waals surface area (Å²) in [5.74, 6) is 0.467. The highest BCUT2D eigenvalue weighted by atomic mass is 16.5. The molecule has 0 spiro atoms. The van der Waals surface area contributed by atoms with Gasteiger partial charge in [0.2, 0.25) is 0 Å². The van der Waals surface area contributed by atoms with Crippen molar-refractivity contribution in [2.45, 2.75) is 6.42 Å². The van der Waals surface area contributed by atoms with Gasteiger partial charge in [-0.1, -0.05) is 30.3 Å². The quantitative estimate of drug-likeness (QED) is 0.691. The summed E-state index contributed by atoms with van der Waals surface area (Å²) >= 11 is 0. The molecule has 0 aromatic heterocycles. The van der Waals surface area contributed by atoms with Gasteiger partial charge < -0.3 is 9.84 Å². The number of benzene rings is 2. The average Bonchev–Trinajstić information content (AvgIpc) is 2.51. The average molecular weight is 292 g/mol. The van der Waals surface area contributed by atoms with Crippen LogP contribution in [0.3, 0.4) is 0 Å². The lowest BCUT2D eigenvalue weighted by Crippen LogP contribution is -2.18. The Kier molecular flexibility index (Phi) is 3.79. The van der Waals surface area contributed by atoms with Crippen LogP contribution in [-0.4, -0.2) is 17.5 Å². The van der Waals surface area contributed by atoms with E-state index in [0.717, 1.165) is 17.5 Å². The number of ether oxygens (including phenoxy) is 1. The van der Waals surface area contributed by atoms with Gasteiger partial charge in [0.25, 0.3) is 0 Å². The molecule has 2 aromatic carbocycles. The molecule has 0 saturated heterocycles. The first-order valence-corrected chi connectivity index (χ1v) is 7.08. The van der Waals surface area contributed by atoms with Crippen LogP contribution in [0.2, 0.25) is 0 Å². The minimum absolute atomic E-state index is 0.0598. The molecular formula is C19H16O3. The van der Waals surface area contributed by atoms with Crippen molar-refractivity contribution >= 4 is 11.9 Å². The van der Waals surface area contributed by atoms with E-state index in [2.05, 4.69) is 6.58 Å². The van der Waals surface area contributed by atoms with Gasteiger partial charge in [-0.15, -0.1) is 6.58 Å². The number of fused-ring (bicyclic) bond motifs is 1. The van der Waals surface area contributed by atoms with Crippen LogP contribution in [0.1, 0.15) is 21.5 Å². The van der Waals surface area contributed by atoms with Gasteiger partial charge in [0.05, 0.1) is 5.56 Å². The number of carbonyl (C=O) groups is 1. The molecule has 0 bridgehead atoms. The predicted molar refractivity (Wildman–Crippen MR) is 86.3 cm³/mol. The molecule has 2 aromatic rings. The van der Waals surface area contributed by atoms with Gasteiger partial charge in [-0.05, 0) is 35.8 Å². The third kappa shape index (κ3) is 2.79. The standard InChI is InChI=1S/C19H16O3/c1-2-4-13-5-3-6-14(9-13)10-15-12-22-18-11-16(20)7-8-17(18)19(15)21/h2-3,5-11,20H,1,4,12H2/b15-10+. The molecule has 0 unspecified atom stereocenters. The Hall–Kier alpha value is -2.81. The van der Waals surface area contributed by atoms with Crippen LogP contribution in [0.15, 0.2) is 60.7 Å². The van der Waals surface area contributed by atoms with Crippen molar-refractivity contribution in [3.05, 3.63) is 77.4 Å². The molecule has 0 saturated carbocycles. The number of phenolic OH excluding ortho intramolecular Hbond substituents is 1. The fraction of sp³-hybridized carbons (Fsp3) is 0.105. The highest BCUT2D eigenvalue weighted by Gasteiger charge is 2.23. The van der Waals surface area contributed by atoms with Crippen LogP contribution in [-0.2, 0) is 6.42 Å². The Morgan fingerprint density at radius 1 is 1.23 bits per heavy atom. The molecule has 1 aliphatic heterocycles. The van der Waals surface area contributed by atoms with Gasteiger partial charge in [0.1, 0.15) is 18.1 Å². The van der Waals surface area contributed by atoms with Gasteiger partial charge >= 0.3 is 0 Å². The first-order chi connectivity index (χ1) is 10.7. The number of ketones is 1. The molecule has 1 heterocycles. The smallest absolute Gasteiger partial charge is 0.196 e. The summed E-state index contributed by atoms with van der Waals surface area (Å²) in [6.07, 6.45) is 4.50. The highest BCUT2D eigenvalue weighted by molar-refractivity contribution is 6.14. The molecule has 0 fully saturated rings. The van der Waals surface area contributed by atoms with Crippen LogP contribution in [0.25, 0.3) is 6.08 Å². The zero-order valence-corrected chi connectivity index (χ0v) is 12.1. The molecule has 110 valence electrons. The lowest BCUT2D eigenvalue weighted by molar-refractivity contribution is 0.100. The largest absolute Gasteiger partial charge is 0.508 e. The summed E-state index contributed by atoms with van der Waals surface area (Å²) in [7, 11) is 0. The normalized spacial score (nSPS) is 15.3. The van der Waals surface area contributed by atoms with Crippen molar-refractivity contribution < 1.29 is 14.6 Å². The molecule has 0 atom stereocenters. The van der Waals surface area contributed by atoms with Crippen LogP contribution >= 0.6 is 0 Å². The Balaban J connectivity index is 1.93. The number of phenols is 1. The van der Waals surface area contributed by atoms with E-state index in [9.17, 15) is 9.90 Å². The summed E-state index contributed by atoms with van der Waals surface area (Å²) in [5, 5.41) is 9.44. The molecular weight excluding hydrogens is 276 g/mol. The zero-order chi connectivity index (χ0) is 15.5. The molecule has 0 amide bonds. The Bertz CT molecular complexity index is 772. The van der Waals surface area contributed by atoms with E-state index in [1.165, 1.54) is 12.1 Å². The Morgan fingerprint density at radius 2 is 2.09 bits per heavy atom. The van der Waals surface area contributed by atoms with Crippen LogP contribution < -0.4 is 4.74 Å². The van der Waals surface area contributed by atoms with Gasteiger partial charge in [0.15, 0.2) is 5.78 Å². The Morgan fingerprint density at radius 3 is 2.91 bits per heavy atom. The van der Waals surface area contributed by atoms with E-state index >= 15 is 0 Å². The highest BCUT2D eigenvalue weighted by Crippen LogP contribution is 2.31. The van der Waals surface area contributed by atoms with E-state index in [4.69, 9.17) is 4.74 Å². The fourth-order valence-corrected chi connectivity index (χ4v) is 2.50. The summed E-state index contributed by atoms with van der Waals surface area (Å²) in [5.41, 5.74) is 3.21. The van der Waals surface area contributed by atoms with Gasteiger partial charge in [-0.2, -0.15) is 0 Å². The summed E-state index contributed by atoms with van der Waals surface area (Å²) in [4.78, 5) is 12.5. The fourth-order valence-electron chi connectivity index (χ4n) is 2.50. The third-order valence-corrected chi connectivity index (χ3v) is 3.56. The minimum Gasteiger partial charge on any atom is -0.508 e. The number of rotatable bonds is 3. The first-order valence-electron chi connectivity index (χ1n) is 7.08. The second-order valence-electron chi connectivity index (χ2n) is 5.21. The topological polar surface area (TPSA) is 46.5 Å². The summed E-state index contributed by atoms with van der Waals surface area (Å²) in [6.45, 7) is 3.94. The van der Waals surface area contributed by atoms with Crippen LogP contribution in [0.5, 0.6) is 11.5 Å². The maximum atomic E-state index is 12.5. The van der Waals surface area contributed by atoms with Gasteiger partial charge in [0, 0.05) is 11.6 Å². The predicted octanol–water partition coefficient (Wildman–Crippen LogP) is 3.78. The van der Waals surface area contributed by atoms with Crippen molar-refractivity contribution in [1.29, 1.82) is 0 Å². The van der Waals surface area contributed by atoms with Gasteiger partial charge in [-0.3, -0.25) is 4.79 Å². The lowest BCUT2D eigenvalue weighted by atomic mass is 9.97. The maximum absolute atomic E-state index is 12.5. The SMILES string of the molecule is C=CCc1cccc(/C=C2\COc3cc(O)ccc3C2=O)c1. The number of Topliss-reactive ketones (excluding diaryl/α,β-unsaturated/α-hetero) is 1. The number of aromatic hydroxyl groups is 1. The van der Waals surface area contributed by atoms with Crippen molar-refractivity contribution in [3.8, 4) is 11.5 Å². The van der Waals surface area contributed by atoms with Crippen LogP contribution in [0, 0.1) is 0 Å². The number of hydrogen-bond acceptors (Lipinski definition) is 3. The number of allylic oxidation sites excluding steroid dienone is 1.